The second-order valence-corrected chi connectivity index (χ2v) is 5.57. The van der Waals surface area contributed by atoms with Crippen molar-refractivity contribution in [1.29, 1.82) is 0 Å². The van der Waals surface area contributed by atoms with Crippen molar-refractivity contribution in [3.05, 3.63) is 35.4 Å². The SMILES string of the molecule is CC12CCc3ccccc3C1C(C(F)F)NC2. The van der Waals surface area contributed by atoms with E-state index in [1.807, 2.05) is 18.2 Å². The van der Waals surface area contributed by atoms with Gasteiger partial charge >= 0.3 is 0 Å². The fraction of sp³-hybridized carbons (Fsp3) is 0.571. The molecule has 0 bridgehead atoms. The van der Waals surface area contributed by atoms with Crippen molar-refractivity contribution in [3.63, 3.8) is 0 Å². The van der Waals surface area contributed by atoms with Gasteiger partial charge in [0.05, 0.1) is 6.04 Å². The highest BCUT2D eigenvalue weighted by molar-refractivity contribution is 5.38. The highest BCUT2D eigenvalue weighted by Gasteiger charge is 2.51. The fourth-order valence-electron chi connectivity index (χ4n) is 3.55. The highest BCUT2D eigenvalue weighted by atomic mass is 19.3. The molecule has 0 aromatic heterocycles. The molecule has 0 saturated carbocycles. The average Bonchev–Trinajstić information content (AvgIpc) is 2.67. The molecule has 3 heteroatoms. The van der Waals surface area contributed by atoms with Crippen LogP contribution in [0.25, 0.3) is 0 Å². The van der Waals surface area contributed by atoms with Crippen LogP contribution in [-0.4, -0.2) is 19.0 Å². The van der Waals surface area contributed by atoms with Crippen LogP contribution in [0.4, 0.5) is 8.78 Å². The van der Waals surface area contributed by atoms with Gasteiger partial charge in [-0.2, -0.15) is 0 Å². The van der Waals surface area contributed by atoms with Crippen molar-refractivity contribution in [2.75, 3.05) is 6.54 Å². The summed E-state index contributed by atoms with van der Waals surface area (Å²) in [5, 5.41) is 3.03. The van der Waals surface area contributed by atoms with E-state index in [4.69, 9.17) is 0 Å². The Morgan fingerprint density at radius 2 is 2.12 bits per heavy atom. The van der Waals surface area contributed by atoms with E-state index in [0.717, 1.165) is 18.4 Å². The van der Waals surface area contributed by atoms with Gasteiger partial charge in [-0.15, -0.1) is 0 Å². The molecular weight excluding hydrogens is 220 g/mol. The van der Waals surface area contributed by atoms with Gasteiger partial charge in [0.25, 0.3) is 6.43 Å². The molecule has 2 aliphatic rings. The minimum absolute atomic E-state index is 0.00451. The van der Waals surface area contributed by atoms with Crippen molar-refractivity contribution in [2.45, 2.75) is 38.2 Å². The molecule has 1 aliphatic heterocycles. The summed E-state index contributed by atoms with van der Waals surface area (Å²) in [5.74, 6) is -0.0348. The van der Waals surface area contributed by atoms with Crippen LogP contribution in [0.1, 0.15) is 30.4 Å². The van der Waals surface area contributed by atoms with Crippen molar-refractivity contribution in [1.82, 2.24) is 5.32 Å². The standard InChI is InChI=1S/C14H17F2N/c1-14-7-6-9-4-2-3-5-10(9)11(14)12(13(15)16)17-8-14/h2-5,11-13,17H,6-8H2,1H3. The molecule has 0 amide bonds. The first-order chi connectivity index (χ1) is 8.12. The van der Waals surface area contributed by atoms with E-state index >= 15 is 0 Å². The van der Waals surface area contributed by atoms with Crippen molar-refractivity contribution in [3.8, 4) is 0 Å². The van der Waals surface area contributed by atoms with Crippen molar-refractivity contribution in [2.24, 2.45) is 5.41 Å². The topological polar surface area (TPSA) is 12.0 Å². The van der Waals surface area contributed by atoms with Crippen LogP contribution in [0.3, 0.4) is 0 Å². The molecule has 1 fully saturated rings. The third-order valence-corrected chi connectivity index (χ3v) is 4.48. The van der Waals surface area contributed by atoms with E-state index in [0.29, 0.717) is 6.54 Å². The van der Waals surface area contributed by atoms with Crippen LogP contribution < -0.4 is 5.32 Å². The minimum Gasteiger partial charge on any atom is -0.308 e. The Morgan fingerprint density at radius 3 is 2.88 bits per heavy atom. The van der Waals surface area contributed by atoms with E-state index in [1.165, 1.54) is 5.56 Å². The predicted octanol–water partition coefficient (Wildman–Crippen LogP) is 2.96. The smallest absolute Gasteiger partial charge is 0.254 e. The predicted molar refractivity (Wildman–Crippen MR) is 63.4 cm³/mol. The minimum atomic E-state index is -2.28. The lowest BCUT2D eigenvalue weighted by Gasteiger charge is -2.38. The zero-order valence-corrected chi connectivity index (χ0v) is 9.92. The van der Waals surface area contributed by atoms with Crippen LogP contribution in [0.5, 0.6) is 0 Å². The monoisotopic (exact) mass is 237 g/mol. The lowest BCUT2D eigenvalue weighted by Crippen LogP contribution is -2.36. The van der Waals surface area contributed by atoms with Crippen LogP contribution in [-0.2, 0) is 6.42 Å². The summed E-state index contributed by atoms with van der Waals surface area (Å²) < 4.78 is 26.2. The van der Waals surface area contributed by atoms with E-state index in [-0.39, 0.29) is 11.3 Å². The Balaban J connectivity index is 2.07. The summed E-state index contributed by atoms with van der Waals surface area (Å²) in [5.41, 5.74) is 2.39. The van der Waals surface area contributed by atoms with Gasteiger partial charge in [-0.25, -0.2) is 8.78 Å². The van der Waals surface area contributed by atoms with E-state index in [9.17, 15) is 8.78 Å². The van der Waals surface area contributed by atoms with Gasteiger partial charge in [0, 0.05) is 12.5 Å². The van der Waals surface area contributed by atoms with Crippen LogP contribution in [0.15, 0.2) is 24.3 Å². The van der Waals surface area contributed by atoms with Gasteiger partial charge in [0.1, 0.15) is 0 Å². The molecule has 1 aliphatic carbocycles. The Morgan fingerprint density at radius 1 is 1.35 bits per heavy atom. The van der Waals surface area contributed by atoms with E-state index < -0.39 is 12.5 Å². The van der Waals surface area contributed by atoms with E-state index in [1.54, 1.807) is 0 Å². The number of hydrogen-bond donors (Lipinski definition) is 1. The molecule has 1 aromatic carbocycles. The number of aryl methyl sites for hydroxylation is 1. The fourth-order valence-corrected chi connectivity index (χ4v) is 3.55. The second-order valence-electron chi connectivity index (χ2n) is 5.57. The lowest BCUT2D eigenvalue weighted by molar-refractivity contribution is 0.0880. The quantitative estimate of drug-likeness (QED) is 0.791. The molecule has 0 radical (unpaired) electrons. The molecule has 17 heavy (non-hydrogen) atoms. The molecule has 1 nitrogen and oxygen atoms in total. The summed E-state index contributed by atoms with van der Waals surface area (Å²) in [4.78, 5) is 0. The Hall–Kier alpha value is -0.960. The zero-order valence-electron chi connectivity index (χ0n) is 9.92. The molecule has 1 aromatic rings. The lowest BCUT2D eigenvalue weighted by atomic mass is 9.65. The second kappa shape index (κ2) is 3.77. The van der Waals surface area contributed by atoms with Gasteiger partial charge in [-0.1, -0.05) is 31.2 Å². The summed E-state index contributed by atoms with van der Waals surface area (Å²) >= 11 is 0. The zero-order chi connectivity index (χ0) is 12.0. The van der Waals surface area contributed by atoms with Crippen LogP contribution >= 0.6 is 0 Å². The summed E-state index contributed by atoms with van der Waals surface area (Å²) in [6.07, 6.45) is -0.265. The first-order valence-electron chi connectivity index (χ1n) is 6.21. The summed E-state index contributed by atoms with van der Waals surface area (Å²) in [7, 11) is 0. The Labute approximate surface area is 100 Å². The number of hydrogen-bond acceptors (Lipinski definition) is 1. The Kier molecular flexibility index (Phi) is 2.47. The molecule has 3 atom stereocenters. The van der Waals surface area contributed by atoms with Crippen molar-refractivity contribution < 1.29 is 8.78 Å². The first-order valence-corrected chi connectivity index (χ1v) is 6.21. The Bertz CT molecular complexity index is 432. The number of benzene rings is 1. The third-order valence-electron chi connectivity index (χ3n) is 4.48. The number of rotatable bonds is 1. The molecule has 1 saturated heterocycles. The summed E-state index contributed by atoms with van der Waals surface area (Å²) in [6, 6.07) is 7.39. The van der Waals surface area contributed by atoms with Gasteiger partial charge < -0.3 is 5.32 Å². The molecule has 3 unspecified atom stereocenters. The first kappa shape index (κ1) is 11.1. The number of nitrogens with one attached hydrogen (secondary N) is 1. The maximum atomic E-state index is 13.1. The maximum absolute atomic E-state index is 13.1. The third kappa shape index (κ3) is 1.60. The number of halogens is 2. The molecule has 1 N–H and O–H groups in total. The van der Waals surface area contributed by atoms with Crippen LogP contribution in [0.2, 0.25) is 0 Å². The van der Waals surface area contributed by atoms with Gasteiger partial charge in [-0.05, 0) is 29.4 Å². The molecule has 0 spiro atoms. The largest absolute Gasteiger partial charge is 0.308 e. The van der Waals surface area contributed by atoms with Gasteiger partial charge in [0.15, 0.2) is 0 Å². The molecular formula is C14H17F2N. The van der Waals surface area contributed by atoms with Gasteiger partial charge in [-0.3, -0.25) is 0 Å². The molecule has 92 valence electrons. The van der Waals surface area contributed by atoms with Crippen molar-refractivity contribution >= 4 is 0 Å². The highest BCUT2D eigenvalue weighted by Crippen LogP contribution is 2.51. The maximum Gasteiger partial charge on any atom is 0.254 e. The number of fused-ring (bicyclic) bond motifs is 3. The van der Waals surface area contributed by atoms with Crippen LogP contribution in [0, 0.1) is 5.41 Å². The number of alkyl halides is 2. The molecule has 1 heterocycles. The summed E-state index contributed by atoms with van der Waals surface area (Å²) in [6.45, 7) is 2.85. The van der Waals surface area contributed by atoms with E-state index in [2.05, 4.69) is 18.3 Å². The van der Waals surface area contributed by atoms with Gasteiger partial charge in [0.2, 0.25) is 0 Å². The normalized spacial score (nSPS) is 35.8. The molecule has 3 rings (SSSR count). The average molecular weight is 237 g/mol.